The molecule has 0 unspecified atom stereocenters. The Balaban J connectivity index is 1.21. The van der Waals surface area contributed by atoms with E-state index in [1.165, 1.54) is 16.5 Å². The molecule has 0 N–H and O–H groups in total. The van der Waals surface area contributed by atoms with Crippen LogP contribution in [0.25, 0.3) is 27.6 Å². The van der Waals surface area contributed by atoms with Gasteiger partial charge in [-0.3, -0.25) is 4.57 Å². The van der Waals surface area contributed by atoms with Gasteiger partial charge in [0.1, 0.15) is 17.3 Å². The van der Waals surface area contributed by atoms with Gasteiger partial charge < -0.3 is 14.5 Å². The standard InChI is InChI=1S/C32H24N4O/c1-2-9-24(10-3-1)34-19-20-35(23-34)25-11-8-12-26(21-25)37-27-16-17-29-28-13-4-5-14-30(28)36(31(29)22-27)32-15-6-7-18-33-32/h1-22H,23H2. The molecule has 4 aromatic carbocycles. The Labute approximate surface area is 215 Å². The summed E-state index contributed by atoms with van der Waals surface area (Å²) in [6.07, 6.45) is 6.03. The van der Waals surface area contributed by atoms with Crippen molar-refractivity contribution in [1.29, 1.82) is 0 Å². The number of benzene rings is 4. The summed E-state index contributed by atoms with van der Waals surface area (Å²) in [5.41, 5.74) is 4.44. The van der Waals surface area contributed by atoms with Crippen LogP contribution in [0.2, 0.25) is 0 Å². The molecule has 0 bridgehead atoms. The lowest BCUT2D eigenvalue weighted by molar-refractivity contribution is 0.483. The van der Waals surface area contributed by atoms with Crippen LogP contribution >= 0.6 is 0 Å². The Bertz CT molecular complexity index is 1740. The Morgan fingerprint density at radius 1 is 0.568 bits per heavy atom. The van der Waals surface area contributed by atoms with Crippen molar-refractivity contribution < 1.29 is 4.74 Å². The van der Waals surface area contributed by atoms with E-state index in [4.69, 9.17) is 4.74 Å². The van der Waals surface area contributed by atoms with Gasteiger partial charge in [0.05, 0.1) is 17.7 Å². The summed E-state index contributed by atoms with van der Waals surface area (Å²) in [6.45, 7) is 0.754. The third-order valence-corrected chi connectivity index (χ3v) is 6.73. The molecule has 5 nitrogen and oxygen atoms in total. The maximum Gasteiger partial charge on any atom is 0.137 e. The Morgan fingerprint density at radius 2 is 1.30 bits per heavy atom. The Hall–Kier alpha value is -5.03. The van der Waals surface area contributed by atoms with Crippen molar-refractivity contribution in [2.75, 3.05) is 16.5 Å². The molecule has 0 radical (unpaired) electrons. The van der Waals surface area contributed by atoms with Crippen molar-refractivity contribution in [3.8, 4) is 17.3 Å². The van der Waals surface area contributed by atoms with Crippen molar-refractivity contribution in [2.45, 2.75) is 0 Å². The number of nitrogens with zero attached hydrogens (tertiary/aromatic N) is 4. The van der Waals surface area contributed by atoms with Crippen LogP contribution in [0.4, 0.5) is 11.4 Å². The summed E-state index contributed by atoms with van der Waals surface area (Å²) in [6, 6.07) is 39.3. The first-order valence-corrected chi connectivity index (χ1v) is 12.3. The predicted octanol–water partition coefficient (Wildman–Crippen LogP) is 7.73. The van der Waals surface area contributed by atoms with E-state index >= 15 is 0 Å². The number of anilines is 2. The topological polar surface area (TPSA) is 33.5 Å². The summed E-state index contributed by atoms with van der Waals surface area (Å²) < 4.78 is 8.58. The van der Waals surface area contributed by atoms with Gasteiger partial charge in [0.25, 0.3) is 0 Å². The normalized spacial score (nSPS) is 13.1. The van der Waals surface area contributed by atoms with Crippen LogP contribution in [0, 0.1) is 0 Å². The largest absolute Gasteiger partial charge is 0.457 e. The molecular weight excluding hydrogens is 456 g/mol. The van der Waals surface area contributed by atoms with E-state index in [-0.39, 0.29) is 0 Å². The molecule has 0 saturated carbocycles. The molecule has 7 rings (SSSR count). The second-order valence-electron chi connectivity index (χ2n) is 9.03. The van der Waals surface area contributed by atoms with Crippen molar-refractivity contribution in [2.24, 2.45) is 0 Å². The minimum atomic E-state index is 0.754. The van der Waals surface area contributed by atoms with Gasteiger partial charge in [-0.25, -0.2) is 4.98 Å². The number of ether oxygens (including phenoxy) is 1. The highest BCUT2D eigenvalue weighted by Crippen LogP contribution is 2.35. The molecule has 0 saturated heterocycles. The Morgan fingerprint density at radius 3 is 2.16 bits per heavy atom. The smallest absolute Gasteiger partial charge is 0.137 e. The monoisotopic (exact) mass is 480 g/mol. The molecule has 1 aliphatic rings. The van der Waals surface area contributed by atoms with E-state index in [1.54, 1.807) is 0 Å². The van der Waals surface area contributed by atoms with Gasteiger partial charge in [0.2, 0.25) is 0 Å². The van der Waals surface area contributed by atoms with Crippen LogP contribution in [-0.4, -0.2) is 16.2 Å². The minimum absolute atomic E-state index is 0.754. The first-order chi connectivity index (χ1) is 18.3. The molecule has 3 heterocycles. The molecule has 6 aromatic rings. The van der Waals surface area contributed by atoms with E-state index in [9.17, 15) is 0 Å². The lowest BCUT2D eigenvalue weighted by Crippen LogP contribution is -2.24. The van der Waals surface area contributed by atoms with E-state index in [0.717, 1.165) is 40.7 Å². The number of para-hydroxylation sites is 2. The van der Waals surface area contributed by atoms with Gasteiger partial charge in [0.15, 0.2) is 0 Å². The molecule has 0 amide bonds. The molecule has 0 spiro atoms. The Kier molecular flexibility index (Phi) is 5.10. The molecule has 1 aliphatic heterocycles. The third kappa shape index (κ3) is 3.87. The average molecular weight is 481 g/mol. The molecule has 0 atom stereocenters. The number of pyridine rings is 1. The van der Waals surface area contributed by atoms with Gasteiger partial charge in [0, 0.05) is 52.9 Å². The second-order valence-corrected chi connectivity index (χ2v) is 9.03. The minimum Gasteiger partial charge on any atom is -0.457 e. The molecular formula is C32H24N4O. The fourth-order valence-corrected chi connectivity index (χ4v) is 4.98. The molecule has 0 aliphatic carbocycles. The highest BCUT2D eigenvalue weighted by molar-refractivity contribution is 6.09. The molecule has 2 aromatic heterocycles. The van der Waals surface area contributed by atoms with E-state index in [2.05, 4.69) is 105 Å². The molecule has 0 fully saturated rings. The van der Waals surface area contributed by atoms with Crippen molar-refractivity contribution in [3.05, 3.63) is 134 Å². The lowest BCUT2D eigenvalue weighted by atomic mass is 10.1. The van der Waals surface area contributed by atoms with Gasteiger partial charge in [-0.05, 0) is 54.6 Å². The van der Waals surface area contributed by atoms with E-state index < -0.39 is 0 Å². The second kappa shape index (κ2) is 8.88. The van der Waals surface area contributed by atoms with Crippen LogP contribution in [0.3, 0.4) is 0 Å². The summed E-state index contributed by atoms with van der Waals surface area (Å²) in [5.74, 6) is 2.47. The molecule has 37 heavy (non-hydrogen) atoms. The number of rotatable bonds is 5. The number of aromatic nitrogens is 2. The van der Waals surface area contributed by atoms with Crippen molar-refractivity contribution in [3.63, 3.8) is 0 Å². The zero-order valence-electron chi connectivity index (χ0n) is 20.1. The van der Waals surface area contributed by atoms with E-state index in [0.29, 0.717) is 0 Å². The van der Waals surface area contributed by atoms with Crippen molar-refractivity contribution >= 4 is 33.2 Å². The molecule has 5 heteroatoms. The van der Waals surface area contributed by atoms with Crippen LogP contribution in [0.1, 0.15) is 0 Å². The quantitative estimate of drug-likeness (QED) is 0.253. The summed E-state index contributed by atoms with van der Waals surface area (Å²) >= 11 is 0. The van der Waals surface area contributed by atoms with Gasteiger partial charge in [-0.15, -0.1) is 0 Å². The van der Waals surface area contributed by atoms with Gasteiger partial charge >= 0.3 is 0 Å². The number of fused-ring (bicyclic) bond motifs is 3. The lowest BCUT2D eigenvalue weighted by Gasteiger charge is -2.22. The van der Waals surface area contributed by atoms with Crippen LogP contribution < -0.4 is 14.5 Å². The van der Waals surface area contributed by atoms with Crippen LogP contribution in [0.5, 0.6) is 11.5 Å². The first-order valence-electron chi connectivity index (χ1n) is 12.3. The van der Waals surface area contributed by atoms with Crippen LogP contribution in [0.15, 0.2) is 134 Å². The van der Waals surface area contributed by atoms with Crippen molar-refractivity contribution in [1.82, 2.24) is 9.55 Å². The maximum absolute atomic E-state index is 6.39. The van der Waals surface area contributed by atoms with E-state index in [1.807, 2.05) is 48.7 Å². The zero-order valence-corrected chi connectivity index (χ0v) is 20.1. The maximum atomic E-state index is 6.39. The number of hydrogen-bond acceptors (Lipinski definition) is 4. The summed E-state index contributed by atoms with van der Waals surface area (Å²) in [4.78, 5) is 9.06. The molecule has 178 valence electrons. The van der Waals surface area contributed by atoms with Gasteiger partial charge in [-0.1, -0.05) is 48.5 Å². The van der Waals surface area contributed by atoms with Gasteiger partial charge in [-0.2, -0.15) is 0 Å². The highest BCUT2D eigenvalue weighted by atomic mass is 16.5. The highest BCUT2D eigenvalue weighted by Gasteiger charge is 2.17. The average Bonchev–Trinajstić information content (AvgIpc) is 3.58. The SMILES string of the molecule is C1=CN(c2cccc(Oc3ccc4c5ccccc5n(-c5ccccn5)c4c3)c2)CN1c1ccccc1. The summed E-state index contributed by atoms with van der Waals surface area (Å²) in [7, 11) is 0. The fraction of sp³-hybridized carbons (Fsp3) is 0.0312. The predicted molar refractivity (Wildman–Crippen MR) is 150 cm³/mol. The third-order valence-electron chi connectivity index (χ3n) is 6.73. The summed E-state index contributed by atoms with van der Waals surface area (Å²) in [5, 5.41) is 2.37. The fourth-order valence-electron chi connectivity index (χ4n) is 4.98. The first kappa shape index (κ1) is 21.3. The van der Waals surface area contributed by atoms with Crippen LogP contribution in [-0.2, 0) is 0 Å². The zero-order chi connectivity index (χ0) is 24.6. The number of hydrogen-bond donors (Lipinski definition) is 0.